The van der Waals surface area contributed by atoms with Crippen molar-refractivity contribution in [3.63, 3.8) is 0 Å². The van der Waals surface area contributed by atoms with Crippen LogP contribution in [0.4, 0.5) is 5.69 Å². The van der Waals surface area contributed by atoms with Crippen molar-refractivity contribution in [1.82, 2.24) is 35.5 Å². The zero-order chi connectivity index (χ0) is 53.1. The number of hydrogen-bond donors (Lipinski definition) is 3. The van der Waals surface area contributed by atoms with E-state index in [9.17, 15) is 33.6 Å². The number of imide groups is 2. The molecule has 1 saturated heterocycles. The number of hydrogen-bond acceptors (Lipinski definition) is 17. The fourth-order valence-electron chi connectivity index (χ4n) is 7.98. The summed E-state index contributed by atoms with van der Waals surface area (Å²) in [5.74, 6) is -2.02. The second-order valence-corrected chi connectivity index (χ2v) is 16.9. The number of piperidine rings is 1. The molecular weight excluding hydrogens is 973 g/mol. The van der Waals surface area contributed by atoms with Gasteiger partial charge in [-0.25, -0.2) is 4.68 Å². The number of pyridine rings is 1. The molecule has 1 atom stereocenters. The zero-order valence-corrected chi connectivity index (χ0v) is 41.8. The summed E-state index contributed by atoms with van der Waals surface area (Å²) in [6.07, 6.45) is 7.12. The lowest BCUT2D eigenvalue weighted by Gasteiger charge is -2.27. The molecule has 5 aromatic rings. The molecule has 3 N–H and O–H groups in total. The Hall–Kier alpha value is -8.18. The summed E-state index contributed by atoms with van der Waals surface area (Å²) in [5.41, 5.74) is 4.04. The first kappa shape index (κ1) is 54.6. The summed E-state index contributed by atoms with van der Waals surface area (Å²) in [5, 5.41) is 16.0. The predicted molar refractivity (Wildman–Crippen MR) is 269 cm³/mol. The first-order valence-electron chi connectivity index (χ1n) is 24.3. The molecule has 75 heavy (non-hydrogen) atoms. The van der Waals surface area contributed by atoms with E-state index in [0.29, 0.717) is 104 Å². The topological polar surface area (TPSA) is 267 Å². The molecule has 7 rings (SSSR count). The summed E-state index contributed by atoms with van der Waals surface area (Å²) in [4.78, 5) is 93.3. The molecule has 0 saturated carbocycles. The highest BCUT2D eigenvalue weighted by Gasteiger charge is 2.45. The Bertz CT molecular complexity index is 2890. The molecule has 1 fully saturated rings. The van der Waals surface area contributed by atoms with Crippen LogP contribution in [-0.4, -0.2) is 145 Å². The van der Waals surface area contributed by atoms with Gasteiger partial charge in [0.25, 0.3) is 11.8 Å². The Balaban J connectivity index is 0.752. The molecule has 1 unspecified atom stereocenters. The second kappa shape index (κ2) is 27.2. The molecule has 3 aromatic carbocycles. The number of methoxy groups -OCH3 is 1. The van der Waals surface area contributed by atoms with Crippen molar-refractivity contribution in [1.29, 1.82) is 0 Å². The maximum Gasteiger partial charge on any atom is 0.264 e. The molecule has 4 heterocycles. The maximum absolute atomic E-state index is 13.6. The number of allylic oxidation sites excluding steroid dienone is 1. The first-order chi connectivity index (χ1) is 36.4. The Morgan fingerprint density at radius 3 is 2.31 bits per heavy atom. The van der Waals surface area contributed by atoms with Crippen LogP contribution in [0.3, 0.4) is 0 Å². The number of amides is 6. The van der Waals surface area contributed by atoms with Crippen molar-refractivity contribution in [2.45, 2.75) is 52.3 Å². The van der Waals surface area contributed by atoms with Crippen LogP contribution >= 0.6 is 0 Å². The van der Waals surface area contributed by atoms with Crippen molar-refractivity contribution >= 4 is 53.0 Å². The van der Waals surface area contributed by atoms with E-state index in [2.05, 4.69) is 31.2 Å². The van der Waals surface area contributed by atoms with E-state index >= 15 is 0 Å². The average molecular weight is 1030 g/mol. The number of fused-ring (bicyclic) bond motifs is 1. The first-order valence-corrected chi connectivity index (χ1v) is 24.3. The summed E-state index contributed by atoms with van der Waals surface area (Å²) < 4.78 is 41.2. The van der Waals surface area contributed by atoms with Crippen LogP contribution < -0.4 is 30.2 Å². The monoisotopic (exact) mass is 1030 g/mol. The second-order valence-electron chi connectivity index (χ2n) is 16.9. The molecule has 0 radical (unpaired) electrons. The number of ketones is 1. The molecule has 2 aliphatic heterocycles. The smallest absolute Gasteiger partial charge is 0.264 e. The lowest BCUT2D eigenvalue weighted by atomic mass is 9.98. The third kappa shape index (κ3) is 15.0. The van der Waals surface area contributed by atoms with Crippen molar-refractivity contribution in [3.8, 4) is 28.6 Å². The number of para-hydroxylation sites is 1. The van der Waals surface area contributed by atoms with Gasteiger partial charge in [-0.05, 0) is 73.9 Å². The van der Waals surface area contributed by atoms with Crippen LogP contribution in [0.25, 0.3) is 17.5 Å². The molecule has 22 nitrogen and oxygen atoms in total. The number of aromatic nitrogens is 4. The summed E-state index contributed by atoms with van der Waals surface area (Å²) in [6.45, 7) is 6.38. The van der Waals surface area contributed by atoms with Gasteiger partial charge in [0, 0.05) is 42.8 Å². The summed E-state index contributed by atoms with van der Waals surface area (Å²) in [7, 11) is 1.54. The number of anilines is 1. The Morgan fingerprint density at radius 2 is 1.59 bits per heavy atom. The highest BCUT2D eigenvalue weighted by molar-refractivity contribution is 6.26. The largest absolute Gasteiger partial charge is 0.493 e. The van der Waals surface area contributed by atoms with E-state index in [0.717, 1.165) is 10.5 Å². The van der Waals surface area contributed by atoms with Crippen molar-refractivity contribution in [3.05, 3.63) is 119 Å². The van der Waals surface area contributed by atoms with Gasteiger partial charge in [-0.15, -0.1) is 5.10 Å². The molecule has 0 aliphatic carbocycles. The van der Waals surface area contributed by atoms with Gasteiger partial charge in [0.05, 0.1) is 95.2 Å². The fourth-order valence-corrected chi connectivity index (χ4v) is 7.98. The number of rotatable bonds is 29. The van der Waals surface area contributed by atoms with Crippen molar-refractivity contribution < 1.29 is 66.7 Å². The Labute approximate surface area is 432 Å². The average Bonchev–Trinajstić information content (AvgIpc) is 3.99. The minimum atomic E-state index is -1.12. The fraction of sp³-hybridized carbons (Fsp3) is 0.358. The third-order valence-electron chi connectivity index (χ3n) is 11.6. The van der Waals surface area contributed by atoms with Gasteiger partial charge in [0.15, 0.2) is 17.3 Å². The van der Waals surface area contributed by atoms with E-state index in [-0.39, 0.29) is 67.8 Å². The number of carbonyl (C=O) groups excluding carboxylic acids is 7. The van der Waals surface area contributed by atoms with Crippen molar-refractivity contribution in [2.75, 3.05) is 78.4 Å². The number of carbonyl (C=O) groups is 7. The van der Waals surface area contributed by atoms with Gasteiger partial charge < -0.3 is 43.8 Å². The molecule has 394 valence electrons. The van der Waals surface area contributed by atoms with Crippen LogP contribution in [-0.2, 0) is 57.7 Å². The highest BCUT2D eigenvalue weighted by Crippen LogP contribution is 2.34. The minimum absolute atomic E-state index is 0.00448. The number of ether oxygens (including phenoxy) is 7. The van der Waals surface area contributed by atoms with Crippen LogP contribution in [0.1, 0.15) is 74.5 Å². The number of benzene rings is 3. The minimum Gasteiger partial charge on any atom is -0.493 e. The van der Waals surface area contributed by atoms with Crippen LogP contribution in [0.15, 0.2) is 85.2 Å². The highest BCUT2D eigenvalue weighted by atomic mass is 16.6. The van der Waals surface area contributed by atoms with Crippen molar-refractivity contribution in [2.24, 2.45) is 0 Å². The SMILES string of the molecule is CCOc1cc(C(=O)/C=C/c2ccccc2OCc2ccc(-c3cn(CCOCCOCCOCCOCC(=O)Nc4cccc5c4C(=O)N(C4CCC(=O)NC4=O)C5=O)nn3)nc2)c(CCNC(C)=O)cc1OC. The normalized spacial score (nSPS) is 14.2. The van der Waals surface area contributed by atoms with E-state index in [4.69, 9.17) is 33.2 Å². The van der Waals surface area contributed by atoms with Gasteiger partial charge in [-0.2, -0.15) is 0 Å². The number of nitrogens with one attached hydrogen (secondary N) is 3. The quantitative estimate of drug-likeness (QED) is 0.0264. The van der Waals surface area contributed by atoms with Crippen LogP contribution in [0, 0.1) is 0 Å². The molecule has 6 amide bonds. The molecular formula is C53H58N8O14. The van der Waals surface area contributed by atoms with Gasteiger partial charge in [0.1, 0.15) is 30.7 Å². The van der Waals surface area contributed by atoms with Crippen LogP contribution in [0.5, 0.6) is 17.2 Å². The van der Waals surface area contributed by atoms with Gasteiger partial charge >= 0.3 is 0 Å². The molecule has 0 spiro atoms. The van der Waals surface area contributed by atoms with E-state index in [1.165, 1.54) is 38.3 Å². The molecule has 2 aliphatic rings. The third-order valence-corrected chi connectivity index (χ3v) is 11.6. The van der Waals surface area contributed by atoms with Gasteiger partial charge in [0.2, 0.25) is 23.6 Å². The summed E-state index contributed by atoms with van der Waals surface area (Å²) in [6, 6.07) is 17.9. The zero-order valence-electron chi connectivity index (χ0n) is 41.8. The molecule has 2 aromatic heterocycles. The Morgan fingerprint density at radius 1 is 0.827 bits per heavy atom. The lowest BCUT2D eigenvalue weighted by Crippen LogP contribution is -2.54. The van der Waals surface area contributed by atoms with E-state index in [1.807, 2.05) is 43.3 Å². The standard InChI is InChI=1S/C53H58N8O14/c1-4-74-47-29-39(37(28-46(47)69-3)18-19-54-34(2)62)44(63)16-13-36-8-5-6-11-45(36)75-32-35-12-14-40(55-30-35)42-31-60(59-58-42)20-21-70-22-23-71-24-25-72-26-27-73-33-49(65)56-41-10-7-9-38-50(41)53(68)61(52(38)67)43-15-17-48(64)57-51(43)66/h5-14,16,28-31,43H,4,15,17-27,32-33H2,1-3H3,(H,54,62)(H,56,65)(H,57,64,66)/b16-13+. The van der Waals surface area contributed by atoms with Gasteiger partial charge in [-0.1, -0.05) is 35.5 Å². The lowest BCUT2D eigenvalue weighted by molar-refractivity contribution is -0.136. The van der Waals surface area contributed by atoms with E-state index in [1.54, 1.807) is 35.3 Å². The predicted octanol–water partition coefficient (Wildman–Crippen LogP) is 4.01. The Kier molecular flexibility index (Phi) is 19.8. The molecule has 0 bridgehead atoms. The van der Waals surface area contributed by atoms with Crippen LogP contribution in [0.2, 0.25) is 0 Å². The molecule has 22 heteroatoms. The van der Waals surface area contributed by atoms with E-state index < -0.39 is 35.6 Å². The maximum atomic E-state index is 13.6. The van der Waals surface area contributed by atoms with Gasteiger partial charge in [-0.3, -0.25) is 48.8 Å². The summed E-state index contributed by atoms with van der Waals surface area (Å²) >= 11 is 0. The number of nitrogens with zero attached hydrogens (tertiary/aromatic N) is 5.